The van der Waals surface area contributed by atoms with Gasteiger partial charge in [-0.05, 0) is 39.5 Å². The van der Waals surface area contributed by atoms with Crippen LogP contribution in [-0.4, -0.2) is 17.8 Å². The van der Waals surface area contributed by atoms with Crippen molar-refractivity contribution in [2.24, 2.45) is 5.92 Å². The van der Waals surface area contributed by atoms with Crippen LogP contribution in [0.5, 0.6) is 0 Å². The Balaban J connectivity index is 2.39. The molecule has 1 unspecified atom stereocenters. The summed E-state index contributed by atoms with van der Waals surface area (Å²) in [5.74, 6) is 0.0910. The van der Waals surface area contributed by atoms with Gasteiger partial charge in [-0.25, -0.2) is 4.39 Å². The molecule has 0 amide bonds. The summed E-state index contributed by atoms with van der Waals surface area (Å²) in [5.41, 5.74) is 1.00. The molecule has 0 aliphatic carbocycles. The van der Waals surface area contributed by atoms with Crippen LogP contribution < -0.4 is 5.32 Å². The van der Waals surface area contributed by atoms with E-state index >= 15 is 0 Å². The van der Waals surface area contributed by atoms with E-state index in [0.717, 1.165) is 18.4 Å². The van der Waals surface area contributed by atoms with Crippen molar-refractivity contribution in [1.29, 1.82) is 0 Å². The highest BCUT2D eigenvalue weighted by atomic mass is 79.9. The van der Waals surface area contributed by atoms with E-state index in [9.17, 15) is 9.50 Å². The van der Waals surface area contributed by atoms with Crippen LogP contribution in [0.4, 0.5) is 4.39 Å². The van der Waals surface area contributed by atoms with E-state index < -0.39 is 0 Å². The van der Waals surface area contributed by atoms with Gasteiger partial charge in [-0.2, -0.15) is 0 Å². The van der Waals surface area contributed by atoms with E-state index in [1.165, 1.54) is 6.07 Å². The molecular formula is C14H21BrFNO. The molecule has 0 saturated carbocycles. The zero-order chi connectivity index (χ0) is 13.5. The van der Waals surface area contributed by atoms with Gasteiger partial charge >= 0.3 is 0 Å². The minimum absolute atomic E-state index is 0.254. The molecule has 1 rings (SSSR count). The van der Waals surface area contributed by atoms with Crippen LogP contribution in [0.15, 0.2) is 22.7 Å². The van der Waals surface area contributed by atoms with Crippen LogP contribution >= 0.6 is 15.9 Å². The Morgan fingerprint density at radius 3 is 2.56 bits per heavy atom. The summed E-state index contributed by atoms with van der Waals surface area (Å²) >= 11 is 3.16. The maximum absolute atomic E-state index is 13.0. The van der Waals surface area contributed by atoms with Gasteiger partial charge in [0.2, 0.25) is 0 Å². The van der Waals surface area contributed by atoms with E-state index in [1.807, 2.05) is 0 Å². The van der Waals surface area contributed by atoms with E-state index in [4.69, 9.17) is 0 Å². The Morgan fingerprint density at radius 1 is 1.33 bits per heavy atom. The van der Waals surface area contributed by atoms with Crippen LogP contribution in [0.25, 0.3) is 0 Å². The van der Waals surface area contributed by atoms with Crippen LogP contribution in [0, 0.1) is 11.7 Å². The van der Waals surface area contributed by atoms with Gasteiger partial charge in [0, 0.05) is 13.1 Å². The molecule has 0 spiro atoms. The van der Waals surface area contributed by atoms with Crippen molar-refractivity contribution in [2.75, 3.05) is 6.54 Å². The second-order valence-corrected chi connectivity index (χ2v) is 5.38. The van der Waals surface area contributed by atoms with Crippen molar-refractivity contribution < 1.29 is 9.50 Å². The minimum atomic E-state index is -0.316. The third kappa shape index (κ3) is 4.67. The molecule has 1 atom stereocenters. The first-order valence-corrected chi connectivity index (χ1v) is 7.20. The van der Waals surface area contributed by atoms with Crippen molar-refractivity contribution in [1.82, 2.24) is 5.32 Å². The molecule has 18 heavy (non-hydrogen) atoms. The van der Waals surface area contributed by atoms with Crippen molar-refractivity contribution >= 4 is 15.9 Å². The zero-order valence-electron chi connectivity index (χ0n) is 10.9. The van der Waals surface area contributed by atoms with Gasteiger partial charge in [-0.15, -0.1) is 0 Å². The molecule has 0 fully saturated rings. The fourth-order valence-corrected chi connectivity index (χ4v) is 2.44. The van der Waals surface area contributed by atoms with Gasteiger partial charge in [0.15, 0.2) is 0 Å². The Morgan fingerprint density at radius 2 is 2.00 bits per heavy atom. The fraction of sp³-hybridized carbons (Fsp3) is 0.571. The lowest BCUT2D eigenvalue weighted by molar-refractivity contribution is 0.101. The summed E-state index contributed by atoms with van der Waals surface area (Å²) in [6.07, 6.45) is 1.66. The topological polar surface area (TPSA) is 32.3 Å². The normalized spacial score (nSPS) is 13.0. The SMILES string of the molecule is CCC(CC)C(O)CNCc1ccc(F)c(Br)c1. The van der Waals surface area contributed by atoms with Gasteiger partial charge in [0.05, 0.1) is 10.6 Å². The molecule has 0 radical (unpaired) electrons. The van der Waals surface area contributed by atoms with Gasteiger partial charge in [0.1, 0.15) is 5.82 Å². The van der Waals surface area contributed by atoms with Crippen molar-refractivity contribution in [2.45, 2.75) is 39.3 Å². The minimum Gasteiger partial charge on any atom is -0.392 e. The third-order valence-electron chi connectivity index (χ3n) is 3.26. The summed E-state index contributed by atoms with van der Waals surface area (Å²) < 4.78 is 13.5. The lowest BCUT2D eigenvalue weighted by Gasteiger charge is -2.20. The van der Waals surface area contributed by atoms with Crippen LogP contribution in [0.3, 0.4) is 0 Å². The molecule has 0 aliphatic rings. The summed E-state index contributed by atoms with van der Waals surface area (Å²) in [5, 5.41) is 13.2. The standard InChI is InChI=1S/C14H21BrFNO/c1-3-11(4-2)14(18)9-17-8-10-5-6-13(16)12(15)7-10/h5-7,11,14,17-18H,3-4,8-9H2,1-2H3. The maximum atomic E-state index is 13.0. The molecule has 4 heteroatoms. The van der Waals surface area contributed by atoms with Crippen LogP contribution in [0.1, 0.15) is 32.3 Å². The number of halogens is 2. The molecular weight excluding hydrogens is 297 g/mol. The van der Waals surface area contributed by atoms with Gasteiger partial charge in [-0.3, -0.25) is 0 Å². The van der Waals surface area contributed by atoms with Crippen molar-refractivity contribution in [3.05, 3.63) is 34.1 Å². The molecule has 2 nitrogen and oxygen atoms in total. The predicted molar refractivity (Wildman–Crippen MR) is 75.9 cm³/mol. The van der Waals surface area contributed by atoms with Crippen LogP contribution in [0.2, 0.25) is 0 Å². The number of hydrogen-bond donors (Lipinski definition) is 2. The van der Waals surface area contributed by atoms with E-state index in [0.29, 0.717) is 23.5 Å². The van der Waals surface area contributed by atoms with E-state index in [1.54, 1.807) is 12.1 Å². The van der Waals surface area contributed by atoms with Crippen LogP contribution in [-0.2, 0) is 6.54 Å². The number of nitrogens with one attached hydrogen (secondary N) is 1. The number of benzene rings is 1. The quantitative estimate of drug-likeness (QED) is 0.807. The smallest absolute Gasteiger partial charge is 0.137 e. The molecule has 2 N–H and O–H groups in total. The highest BCUT2D eigenvalue weighted by Gasteiger charge is 2.14. The van der Waals surface area contributed by atoms with E-state index in [2.05, 4.69) is 35.1 Å². The Kier molecular flexibility index (Phi) is 6.82. The summed E-state index contributed by atoms with van der Waals surface area (Å²) in [4.78, 5) is 0. The molecule has 0 aliphatic heterocycles. The molecule has 1 aromatic carbocycles. The monoisotopic (exact) mass is 317 g/mol. The van der Waals surface area contributed by atoms with Gasteiger partial charge in [0.25, 0.3) is 0 Å². The molecule has 1 aromatic rings. The largest absolute Gasteiger partial charge is 0.392 e. The number of aliphatic hydroxyl groups is 1. The number of rotatable bonds is 7. The average molecular weight is 318 g/mol. The molecule has 0 aromatic heterocycles. The first kappa shape index (κ1) is 15.6. The zero-order valence-corrected chi connectivity index (χ0v) is 12.5. The average Bonchev–Trinajstić information content (AvgIpc) is 2.35. The molecule has 0 bridgehead atoms. The highest BCUT2D eigenvalue weighted by molar-refractivity contribution is 9.10. The molecule has 0 heterocycles. The van der Waals surface area contributed by atoms with Crippen molar-refractivity contribution in [3.8, 4) is 0 Å². The maximum Gasteiger partial charge on any atom is 0.137 e. The lowest BCUT2D eigenvalue weighted by Crippen LogP contribution is -2.32. The Hall–Kier alpha value is -0.450. The molecule has 102 valence electrons. The second-order valence-electron chi connectivity index (χ2n) is 4.52. The highest BCUT2D eigenvalue weighted by Crippen LogP contribution is 2.17. The summed E-state index contributed by atoms with van der Waals surface area (Å²) in [6, 6.07) is 4.95. The Labute approximate surface area is 117 Å². The predicted octanol–water partition coefficient (Wildman–Crippen LogP) is 3.47. The van der Waals surface area contributed by atoms with Gasteiger partial charge in [-0.1, -0.05) is 32.8 Å². The summed E-state index contributed by atoms with van der Waals surface area (Å²) in [7, 11) is 0. The second kappa shape index (κ2) is 7.87. The first-order chi connectivity index (χ1) is 8.58. The Bertz CT molecular complexity index is 369. The first-order valence-electron chi connectivity index (χ1n) is 6.41. The number of hydrogen-bond acceptors (Lipinski definition) is 2. The fourth-order valence-electron chi connectivity index (χ4n) is 2.01. The van der Waals surface area contributed by atoms with E-state index in [-0.39, 0.29) is 11.9 Å². The third-order valence-corrected chi connectivity index (χ3v) is 3.87. The lowest BCUT2D eigenvalue weighted by atomic mass is 9.96. The van der Waals surface area contributed by atoms with Gasteiger partial charge < -0.3 is 10.4 Å². The number of aliphatic hydroxyl groups excluding tert-OH is 1. The molecule has 0 saturated heterocycles. The van der Waals surface area contributed by atoms with Crippen molar-refractivity contribution in [3.63, 3.8) is 0 Å². The summed E-state index contributed by atoms with van der Waals surface area (Å²) in [6.45, 7) is 5.39.